The molecule has 2 heterocycles. The van der Waals surface area contributed by atoms with Crippen LogP contribution >= 0.6 is 12.2 Å². The summed E-state index contributed by atoms with van der Waals surface area (Å²) in [6, 6.07) is 4.98. The number of aromatic amines is 1. The van der Waals surface area contributed by atoms with Crippen molar-refractivity contribution in [2.75, 3.05) is 13.1 Å². The lowest BCUT2D eigenvalue weighted by Gasteiger charge is -2.32. The Labute approximate surface area is 166 Å². The third kappa shape index (κ3) is 4.45. The molecule has 5 nitrogen and oxygen atoms in total. The molecule has 3 rings (SSSR count). The Balaban J connectivity index is 1.59. The number of halogens is 3. The SMILES string of the molecule is CC(C)n1c(C2CCN(C(=O)Cc3ccc(C(F)(F)F)cc3)CC2)n[nH]c1=S. The van der Waals surface area contributed by atoms with Crippen LogP contribution in [0.15, 0.2) is 24.3 Å². The van der Waals surface area contributed by atoms with Gasteiger partial charge in [-0.3, -0.25) is 9.89 Å². The molecule has 0 radical (unpaired) electrons. The minimum absolute atomic E-state index is 0.0686. The van der Waals surface area contributed by atoms with E-state index in [1.807, 2.05) is 4.57 Å². The molecule has 1 aliphatic heterocycles. The maximum Gasteiger partial charge on any atom is 0.416 e. The number of aromatic nitrogens is 3. The molecule has 0 saturated carbocycles. The summed E-state index contributed by atoms with van der Waals surface area (Å²) in [6.07, 6.45) is -2.70. The van der Waals surface area contributed by atoms with Gasteiger partial charge in [0, 0.05) is 25.0 Å². The first-order chi connectivity index (χ1) is 13.2. The quantitative estimate of drug-likeness (QED) is 0.753. The van der Waals surface area contributed by atoms with Crippen LogP contribution in [0, 0.1) is 4.77 Å². The molecule has 1 aromatic heterocycles. The molecule has 28 heavy (non-hydrogen) atoms. The van der Waals surface area contributed by atoms with Gasteiger partial charge in [0.1, 0.15) is 5.82 Å². The molecule has 1 fully saturated rings. The third-order valence-electron chi connectivity index (χ3n) is 5.10. The van der Waals surface area contributed by atoms with E-state index in [0.717, 1.165) is 30.8 Å². The maximum absolute atomic E-state index is 12.6. The van der Waals surface area contributed by atoms with Gasteiger partial charge in [0.15, 0.2) is 4.77 Å². The number of H-pyrrole nitrogens is 1. The lowest BCUT2D eigenvalue weighted by Crippen LogP contribution is -2.39. The van der Waals surface area contributed by atoms with Crippen LogP contribution in [0.25, 0.3) is 0 Å². The van der Waals surface area contributed by atoms with E-state index in [4.69, 9.17) is 12.2 Å². The molecule has 0 atom stereocenters. The van der Waals surface area contributed by atoms with E-state index in [0.29, 0.717) is 23.4 Å². The molecule has 0 unspecified atom stereocenters. The number of hydrogen-bond acceptors (Lipinski definition) is 3. The molecule has 1 N–H and O–H groups in total. The van der Waals surface area contributed by atoms with Crippen LogP contribution in [0.3, 0.4) is 0 Å². The highest BCUT2D eigenvalue weighted by Gasteiger charge is 2.30. The number of piperidine rings is 1. The zero-order valence-electron chi connectivity index (χ0n) is 15.8. The molecular formula is C19H23F3N4OS. The maximum atomic E-state index is 12.6. The number of hydrogen-bond donors (Lipinski definition) is 1. The first-order valence-corrected chi connectivity index (χ1v) is 9.68. The van der Waals surface area contributed by atoms with Crippen molar-refractivity contribution in [3.05, 3.63) is 46.0 Å². The molecule has 1 amide bonds. The first-order valence-electron chi connectivity index (χ1n) is 9.27. The standard InChI is InChI=1S/C19H23F3N4OS/c1-12(2)26-17(23-24-18(26)28)14-7-9-25(10-8-14)16(27)11-13-3-5-15(6-4-13)19(20,21)22/h3-6,12,14H,7-11H2,1-2H3,(H,24,28). The van der Waals surface area contributed by atoms with Crippen LogP contribution in [0.5, 0.6) is 0 Å². The smallest absolute Gasteiger partial charge is 0.342 e. The van der Waals surface area contributed by atoms with Crippen molar-refractivity contribution >= 4 is 18.1 Å². The second-order valence-corrected chi connectivity index (χ2v) is 7.76. The lowest BCUT2D eigenvalue weighted by molar-refractivity contribution is -0.137. The summed E-state index contributed by atoms with van der Waals surface area (Å²) >= 11 is 5.30. The number of carbonyl (C=O) groups excluding carboxylic acids is 1. The number of nitrogens with zero attached hydrogens (tertiary/aromatic N) is 3. The van der Waals surface area contributed by atoms with Crippen molar-refractivity contribution in [2.24, 2.45) is 0 Å². The van der Waals surface area contributed by atoms with Crippen LogP contribution < -0.4 is 0 Å². The van der Waals surface area contributed by atoms with E-state index in [2.05, 4.69) is 24.0 Å². The Hall–Kier alpha value is -2.16. The summed E-state index contributed by atoms with van der Waals surface area (Å²) in [6.45, 7) is 5.30. The van der Waals surface area contributed by atoms with Gasteiger partial charge in [0.05, 0.1) is 12.0 Å². The van der Waals surface area contributed by atoms with Gasteiger partial charge in [-0.05, 0) is 56.6 Å². The van der Waals surface area contributed by atoms with Gasteiger partial charge in [0.2, 0.25) is 5.91 Å². The van der Waals surface area contributed by atoms with Gasteiger partial charge >= 0.3 is 6.18 Å². The number of benzene rings is 1. The summed E-state index contributed by atoms with van der Waals surface area (Å²) in [5.74, 6) is 1.08. The highest BCUT2D eigenvalue weighted by molar-refractivity contribution is 7.71. The van der Waals surface area contributed by atoms with Gasteiger partial charge in [0.25, 0.3) is 0 Å². The van der Waals surface area contributed by atoms with E-state index in [-0.39, 0.29) is 24.3 Å². The number of rotatable bonds is 4. The van der Waals surface area contributed by atoms with Crippen LogP contribution in [-0.4, -0.2) is 38.7 Å². The fourth-order valence-corrected chi connectivity index (χ4v) is 3.94. The second-order valence-electron chi connectivity index (χ2n) is 7.38. The molecule has 2 aromatic rings. The van der Waals surface area contributed by atoms with Crippen molar-refractivity contribution in [1.29, 1.82) is 0 Å². The highest BCUT2D eigenvalue weighted by Crippen LogP contribution is 2.30. The van der Waals surface area contributed by atoms with E-state index in [1.165, 1.54) is 12.1 Å². The van der Waals surface area contributed by atoms with E-state index in [1.54, 1.807) is 4.90 Å². The molecule has 1 saturated heterocycles. The molecule has 1 aromatic carbocycles. The summed E-state index contributed by atoms with van der Waals surface area (Å²) in [7, 11) is 0. The van der Waals surface area contributed by atoms with Crippen LogP contribution in [0.1, 0.15) is 55.6 Å². The first kappa shape index (κ1) is 20.6. The monoisotopic (exact) mass is 412 g/mol. The zero-order chi connectivity index (χ0) is 20.5. The van der Waals surface area contributed by atoms with Crippen molar-refractivity contribution in [2.45, 2.75) is 51.2 Å². The van der Waals surface area contributed by atoms with Crippen molar-refractivity contribution < 1.29 is 18.0 Å². The Morgan fingerprint density at radius 1 is 1.25 bits per heavy atom. The second kappa shape index (κ2) is 8.06. The minimum atomic E-state index is -4.37. The molecule has 9 heteroatoms. The van der Waals surface area contributed by atoms with Crippen molar-refractivity contribution in [1.82, 2.24) is 19.7 Å². The molecule has 0 spiro atoms. The van der Waals surface area contributed by atoms with Gasteiger partial charge in [-0.15, -0.1) is 0 Å². The van der Waals surface area contributed by atoms with Gasteiger partial charge in [-0.25, -0.2) is 0 Å². The highest BCUT2D eigenvalue weighted by atomic mass is 32.1. The number of likely N-dealkylation sites (tertiary alicyclic amines) is 1. The van der Waals surface area contributed by atoms with Crippen molar-refractivity contribution in [3.63, 3.8) is 0 Å². The average Bonchev–Trinajstić information content (AvgIpc) is 3.03. The Morgan fingerprint density at radius 3 is 2.39 bits per heavy atom. The summed E-state index contributed by atoms with van der Waals surface area (Å²) in [4.78, 5) is 14.3. The van der Waals surface area contributed by atoms with Crippen LogP contribution in [0.4, 0.5) is 13.2 Å². The largest absolute Gasteiger partial charge is 0.416 e. The predicted molar refractivity (Wildman–Crippen MR) is 101 cm³/mol. The van der Waals surface area contributed by atoms with E-state index < -0.39 is 11.7 Å². The molecule has 0 aliphatic carbocycles. The Bertz CT molecular complexity index is 878. The van der Waals surface area contributed by atoms with Crippen LogP contribution in [0.2, 0.25) is 0 Å². The predicted octanol–water partition coefficient (Wildman–Crippen LogP) is 4.49. The molecular weight excluding hydrogens is 389 g/mol. The summed E-state index contributed by atoms with van der Waals surface area (Å²) in [5, 5.41) is 7.23. The van der Waals surface area contributed by atoms with Gasteiger partial charge in [-0.2, -0.15) is 18.3 Å². The minimum Gasteiger partial charge on any atom is -0.342 e. The summed E-state index contributed by atoms with van der Waals surface area (Å²) < 4.78 is 40.5. The third-order valence-corrected chi connectivity index (χ3v) is 5.39. The normalized spacial score (nSPS) is 16.0. The fraction of sp³-hybridized carbons (Fsp3) is 0.526. The van der Waals surface area contributed by atoms with Gasteiger partial charge in [-0.1, -0.05) is 12.1 Å². The summed E-state index contributed by atoms with van der Waals surface area (Å²) in [5.41, 5.74) is -0.121. The van der Waals surface area contributed by atoms with Crippen molar-refractivity contribution in [3.8, 4) is 0 Å². The molecule has 1 aliphatic rings. The lowest BCUT2D eigenvalue weighted by atomic mass is 9.95. The Kier molecular flexibility index (Phi) is 5.92. The number of amides is 1. The number of carbonyl (C=O) groups is 1. The zero-order valence-corrected chi connectivity index (χ0v) is 16.6. The topological polar surface area (TPSA) is 53.9 Å². The molecule has 0 bridgehead atoms. The number of alkyl halides is 3. The fourth-order valence-electron chi connectivity index (χ4n) is 3.59. The Morgan fingerprint density at radius 2 is 1.86 bits per heavy atom. The average molecular weight is 412 g/mol. The molecule has 152 valence electrons. The van der Waals surface area contributed by atoms with Gasteiger partial charge < -0.3 is 9.47 Å². The van der Waals surface area contributed by atoms with Crippen LogP contribution in [-0.2, 0) is 17.4 Å². The van der Waals surface area contributed by atoms with E-state index >= 15 is 0 Å². The number of nitrogens with one attached hydrogen (secondary N) is 1. The van der Waals surface area contributed by atoms with E-state index in [9.17, 15) is 18.0 Å².